The monoisotopic (exact) mass is 342 g/mol. The highest BCUT2D eigenvalue weighted by molar-refractivity contribution is 5.58. The topological polar surface area (TPSA) is 35.9 Å². The summed E-state index contributed by atoms with van der Waals surface area (Å²) >= 11 is 0. The SMILES string of the molecule is C.COc1ccccc1N1CCN([C@@H](C)[C@@H](O)c2ccccc2)CC1. The molecular formula is C21H30N2O2. The van der Waals surface area contributed by atoms with Gasteiger partial charge in [0.05, 0.1) is 18.9 Å². The summed E-state index contributed by atoms with van der Waals surface area (Å²) in [5, 5.41) is 10.6. The molecule has 1 N–H and O–H groups in total. The van der Waals surface area contributed by atoms with E-state index in [4.69, 9.17) is 4.74 Å². The van der Waals surface area contributed by atoms with E-state index in [1.54, 1.807) is 7.11 Å². The molecule has 0 aromatic heterocycles. The molecule has 3 rings (SSSR count). The van der Waals surface area contributed by atoms with Crippen LogP contribution in [-0.4, -0.2) is 49.3 Å². The normalized spacial score (nSPS) is 17.5. The molecule has 0 unspecified atom stereocenters. The molecule has 1 fully saturated rings. The van der Waals surface area contributed by atoms with Crippen molar-refractivity contribution >= 4 is 5.69 Å². The summed E-state index contributed by atoms with van der Waals surface area (Å²) in [5.41, 5.74) is 2.13. The Hall–Kier alpha value is -2.04. The predicted molar refractivity (Wildman–Crippen MR) is 104 cm³/mol. The van der Waals surface area contributed by atoms with Gasteiger partial charge < -0.3 is 14.7 Å². The molecule has 136 valence electrons. The van der Waals surface area contributed by atoms with Gasteiger partial charge in [-0.05, 0) is 24.6 Å². The van der Waals surface area contributed by atoms with Gasteiger partial charge in [-0.15, -0.1) is 0 Å². The number of nitrogens with zero attached hydrogens (tertiary/aromatic N) is 2. The Kier molecular flexibility index (Phi) is 6.85. The molecule has 2 aromatic rings. The van der Waals surface area contributed by atoms with Crippen LogP contribution in [0.1, 0.15) is 26.0 Å². The Labute approximate surface area is 151 Å². The van der Waals surface area contributed by atoms with E-state index in [0.717, 1.165) is 43.2 Å². The van der Waals surface area contributed by atoms with Crippen molar-refractivity contribution in [1.82, 2.24) is 4.90 Å². The van der Waals surface area contributed by atoms with Gasteiger partial charge >= 0.3 is 0 Å². The van der Waals surface area contributed by atoms with Crippen molar-refractivity contribution in [2.75, 3.05) is 38.2 Å². The number of anilines is 1. The van der Waals surface area contributed by atoms with Crippen LogP contribution >= 0.6 is 0 Å². The third kappa shape index (κ3) is 4.33. The number of piperazine rings is 1. The average Bonchev–Trinajstić information content (AvgIpc) is 2.67. The molecule has 2 aromatic carbocycles. The molecule has 1 heterocycles. The fourth-order valence-electron chi connectivity index (χ4n) is 3.39. The molecule has 2 atom stereocenters. The minimum atomic E-state index is -0.455. The summed E-state index contributed by atoms with van der Waals surface area (Å²) in [5.74, 6) is 0.920. The minimum absolute atomic E-state index is 0. The van der Waals surface area contributed by atoms with Gasteiger partial charge in [0.2, 0.25) is 0 Å². The lowest BCUT2D eigenvalue weighted by Crippen LogP contribution is -2.51. The van der Waals surface area contributed by atoms with E-state index in [1.165, 1.54) is 0 Å². The van der Waals surface area contributed by atoms with E-state index >= 15 is 0 Å². The van der Waals surface area contributed by atoms with E-state index in [2.05, 4.69) is 22.8 Å². The number of methoxy groups -OCH3 is 1. The van der Waals surface area contributed by atoms with E-state index in [9.17, 15) is 5.11 Å². The fourth-order valence-corrected chi connectivity index (χ4v) is 3.39. The van der Waals surface area contributed by atoms with Crippen LogP contribution in [-0.2, 0) is 0 Å². The number of ether oxygens (including phenoxy) is 1. The van der Waals surface area contributed by atoms with Crippen molar-refractivity contribution in [3.63, 3.8) is 0 Å². The molecule has 4 heteroatoms. The summed E-state index contributed by atoms with van der Waals surface area (Å²) in [4.78, 5) is 4.72. The Morgan fingerprint density at radius 2 is 1.52 bits per heavy atom. The summed E-state index contributed by atoms with van der Waals surface area (Å²) < 4.78 is 5.47. The second-order valence-corrected chi connectivity index (χ2v) is 6.29. The molecule has 1 aliphatic rings. The first-order valence-electron chi connectivity index (χ1n) is 8.55. The van der Waals surface area contributed by atoms with Gasteiger partial charge in [-0.3, -0.25) is 4.90 Å². The van der Waals surface area contributed by atoms with Crippen LogP contribution in [0, 0.1) is 0 Å². The predicted octanol–water partition coefficient (Wildman–Crippen LogP) is 3.58. The summed E-state index contributed by atoms with van der Waals surface area (Å²) in [6.07, 6.45) is -0.455. The van der Waals surface area contributed by atoms with Crippen molar-refractivity contribution in [3.05, 3.63) is 60.2 Å². The van der Waals surface area contributed by atoms with Gasteiger partial charge in [0, 0.05) is 32.2 Å². The smallest absolute Gasteiger partial charge is 0.142 e. The van der Waals surface area contributed by atoms with Gasteiger partial charge in [-0.1, -0.05) is 49.9 Å². The van der Waals surface area contributed by atoms with Gasteiger partial charge in [-0.2, -0.15) is 0 Å². The highest BCUT2D eigenvalue weighted by Crippen LogP contribution is 2.29. The van der Waals surface area contributed by atoms with Gasteiger partial charge in [-0.25, -0.2) is 0 Å². The first-order valence-corrected chi connectivity index (χ1v) is 8.55. The molecule has 4 nitrogen and oxygen atoms in total. The zero-order valence-electron chi connectivity index (χ0n) is 14.4. The lowest BCUT2D eigenvalue weighted by atomic mass is 10.0. The number of aliphatic hydroxyl groups is 1. The van der Waals surface area contributed by atoms with Crippen LogP contribution in [0.4, 0.5) is 5.69 Å². The average molecular weight is 342 g/mol. The Bertz CT molecular complexity index is 639. The minimum Gasteiger partial charge on any atom is -0.495 e. The second-order valence-electron chi connectivity index (χ2n) is 6.29. The second kappa shape index (κ2) is 8.88. The number of hydrogen-bond donors (Lipinski definition) is 1. The summed E-state index contributed by atoms with van der Waals surface area (Å²) in [6.45, 7) is 5.85. The molecule has 25 heavy (non-hydrogen) atoms. The largest absolute Gasteiger partial charge is 0.495 e. The molecular weight excluding hydrogens is 312 g/mol. The third-order valence-corrected chi connectivity index (χ3v) is 4.91. The highest BCUT2D eigenvalue weighted by Gasteiger charge is 2.27. The molecule has 1 saturated heterocycles. The third-order valence-electron chi connectivity index (χ3n) is 4.91. The van der Waals surface area contributed by atoms with Crippen LogP contribution in [0.2, 0.25) is 0 Å². The maximum absolute atomic E-state index is 10.6. The standard InChI is InChI=1S/C20H26N2O2.CH4/c1-16(20(23)17-8-4-3-5-9-17)21-12-14-22(15-13-21)18-10-6-7-11-19(18)24-2;/h3-11,16,20,23H,12-15H2,1-2H3;1H4/t16-,20+;/m0./s1. The van der Waals surface area contributed by atoms with Gasteiger partial charge in [0.15, 0.2) is 0 Å². The van der Waals surface area contributed by atoms with Crippen LogP contribution in [0.15, 0.2) is 54.6 Å². The Morgan fingerprint density at radius 1 is 0.920 bits per heavy atom. The summed E-state index contributed by atoms with van der Waals surface area (Å²) in [6, 6.07) is 18.2. The van der Waals surface area contributed by atoms with Crippen molar-refractivity contribution in [2.24, 2.45) is 0 Å². The van der Waals surface area contributed by atoms with Crippen molar-refractivity contribution in [1.29, 1.82) is 0 Å². The highest BCUT2D eigenvalue weighted by atomic mass is 16.5. The van der Waals surface area contributed by atoms with Crippen LogP contribution < -0.4 is 9.64 Å². The lowest BCUT2D eigenvalue weighted by molar-refractivity contribution is 0.0545. The van der Waals surface area contributed by atoms with E-state index in [1.807, 2.05) is 48.5 Å². The van der Waals surface area contributed by atoms with Crippen molar-refractivity contribution in [2.45, 2.75) is 26.5 Å². The van der Waals surface area contributed by atoms with Gasteiger partial charge in [0.25, 0.3) is 0 Å². The number of rotatable bonds is 5. The number of benzene rings is 2. The molecule has 0 radical (unpaired) electrons. The zero-order valence-corrected chi connectivity index (χ0v) is 14.4. The zero-order chi connectivity index (χ0) is 16.9. The van der Waals surface area contributed by atoms with Crippen molar-refractivity contribution < 1.29 is 9.84 Å². The molecule has 0 bridgehead atoms. The van der Waals surface area contributed by atoms with E-state index in [0.29, 0.717) is 0 Å². The van der Waals surface area contributed by atoms with Crippen LogP contribution in [0.3, 0.4) is 0 Å². The van der Waals surface area contributed by atoms with Crippen LogP contribution in [0.25, 0.3) is 0 Å². The lowest BCUT2D eigenvalue weighted by Gasteiger charge is -2.40. The molecule has 0 spiro atoms. The van der Waals surface area contributed by atoms with E-state index in [-0.39, 0.29) is 13.5 Å². The molecule has 1 aliphatic heterocycles. The van der Waals surface area contributed by atoms with Crippen molar-refractivity contribution in [3.8, 4) is 5.75 Å². The first-order chi connectivity index (χ1) is 11.7. The summed E-state index contributed by atoms with van der Waals surface area (Å²) in [7, 11) is 1.72. The quantitative estimate of drug-likeness (QED) is 0.901. The maximum atomic E-state index is 10.6. The van der Waals surface area contributed by atoms with E-state index < -0.39 is 6.10 Å². The van der Waals surface area contributed by atoms with Crippen LogP contribution in [0.5, 0.6) is 5.75 Å². The molecule has 0 aliphatic carbocycles. The Balaban J connectivity index is 0.00000225. The number of aliphatic hydroxyl groups excluding tert-OH is 1. The van der Waals surface area contributed by atoms with Gasteiger partial charge in [0.1, 0.15) is 5.75 Å². The number of hydrogen-bond acceptors (Lipinski definition) is 4. The number of para-hydroxylation sites is 2. The first kappa shape index (κ1) is 19.3. The fraction of sp³-hybridized carbons (Fsp3) is 0.429. The Morgan fingerprint density at radius 3 is 2.16 bits per heavy atom. The molecule has 0 amide bonds. The molecule has 0 saturated carbocycles. The maximum Gasteiger partial charge on any atom is 0.142 e.